The Morgan fingerprint density at radius 3 is 2.50 bits per heavy atom. The smallest absolute Gasteiger partial charge is 0.255 e. The number of ether oxygens (including phenoxy) is 2. The maximum absolute atomic E-state index is 13.7. The van der Waals surface area contributed by atoms with Gasteiger partial charge in [0.15, 0.2) is 11.5 Å². The van der Waals surface area contributed by atoms with Gasteiger partial charge in [-0.3, -0.25) is 4.79 Å². The van der Waals surface area contributed by atoms with Crippen LogP contribution in [0.4, 0.5) is 4.39 Å². The summed E-state index contributed by atoms with van der Waals surface area (Å²) in [4.78, 5) is 12.1. The van der Waals surface area contributed by atoms with Crippen molar-refractivity contribution in [1.82, 2.24) is 5.32 Å². The average Bonchev–Trinajstić information content (AvgIpc) is 2.55. The van der Waals surface area contributed by atoms with E-state index in [1.54, 1.807) is 14.2 Å². The number of nitrogens with one attached hydrogen (secondary N) is 1. The molecule has 0 atom stereocenters. The van der Waals surface area contributed by atoms with E-state index in [4.69, 9.17) is 21.1 Å². The van der Waals surface area contributed by atoms with Gasteiger partial charge in [-0.25, -0.2) is 4.39 Å². The first-order valence-electron chi connectivity index (χ1n) is 7.41. The van der Waals surface area contributed by atoms with E-state index in [-0.39, 0.29) is 10.6 Å². The van der Waals surface area contributed by atoms with E-state index >= 15 is 0 Å². The molecule has 0 saturated heterocycles. The van der Waals surface area contributed by atoms with Crippen molar-refractivity contribution in [1.29, 1.82) is 0 Å². The van der Waals surface area contributed by atoms with Gasteiger partial charge in [-0.1, -0.05) is 17.7 Å². The number of halogens is 2. The van der Waals surface area contributed by atoms with Crippen LogP contribution in [-0.4, -0.2) is 26.7 Å². The largest absolute Gasteiger partial charge is 0.493 e. The lowest BCUT2D eigenvalue weighted by Gasteiger charge is -2.13. The van der Waals surface area contributed by atoms with Crippen molar-refractivity contribution in [3.8, 4) is 11.5 Å². The van der Waals surface area contributed by atoms with Crippen molar-refractivity contribution in [3.05, 3.63) is 57.9 Å². The number of carbonyl (C=O) groups is 1. The zero-order valence-electron chi connectivity index (χ0n) is 13.8. The molecule has 24 heavy (non-hydrogen) atoms. The second kappa shape index (κ2) is 8.02. The fourth-order valence-corrected chi connectivity index (χ4v) is 2.65. The molecule has 0 spiro atoms. The van der Waals surface area contributed by atoms with Crippen LogP contribution in [0, 0.1) is 12.7 Å². The minimum absolute atomic E-state index is 0.0924. The highest BCUT2D eigenvalue weighted by Gasteiger charge is 2.15. The van der Waals surface area contributed by atoms with Gasteiger partial charge in [-0.05, 0) is 48.7 Å². The Bertz CT molecular complexity index is 729. The van der Waals surface area contributed by atoms with Crippen molar-refractivity contribution < 1.29 is 18.7 Å². The first-order chi connectivity index (χ1) is 11.5. The third kappa shape index (κ3) is 3.97. The van der Waals surface area contributed by atoms with Crippen LogP contribution in [0.15, 0.2) is 30.3 Å². The van der Waals surface area contributed by atoms with E-state index < -0.39 is 11.7 Å². The first-order valence-corrected chi connectivity index (χ1v) is 7.79. The van der Waals surface area contributed by atoms with Crippen molar-refractivity contribution in [2.45, 2.75) is 13.3 Å². The van der Waals surface area contributed by atoms with Crippen LogP contribution in [0.2, 0.25) is 5.02 Å². The molecule has 1 amide bonds. The molecule has 1 N–H and O–H groups in total. The summed E-state index contributed by atoms with van der Waals surface area (Å²) in [5.74, 6) is 0.112. The first kappa shape index (κ1) is 18.1. The Hall–Kier alpha value is -2.27. The molecule has 2 aromatic rings. The van der Waals surface area contributed by atoms with Crippen LogP contribution in [0.3, 0.4) is 0 Å². The lowest BCUT2D eigenvalue weighted by atomic mass is 10.0. The Labute approximate surface area is 145 Å². The molecule has 0 aromatic heterocycles. The molecule has 0 saturated carbocycles. The third-order valence-electron chi connectivity index (χ3n) is 3.71. The highest BCUT2D eigenvalue weighted by molar-refractivity contribution is 6.33. The Morgan fingerprint density at radius 1 is 1.21 bits per heavy atom. The van der Waals surface area contributed by atoms with Crippen molar-refractivity contribution in [2.75, 3.05) is 20.8 Å². The molecular formula is C18H19ClFNO3. The fourth-order valence-electron chi connectivity index (χ4n) is 2.41. The number of carbonyl (C=O) groups excluding carboxylic acids is 1. The van der Waals surface area contributed by atoms with E-state index in [0.717, 1.165) is 11.1 Å². The van der Waals surface area contributed by atoms with Gasteiger partial charge >= 0.3 is 0 Å². The Balaban J connectivity index is 2.05. The maximum Gasteiger partial charge on any atom is 0.255 e. The number of benzene rings is 2. The van der Waals surface area contributed by atoms with Crippen LogP contribution in [-0.2, 0) is 6.42 Å². The van der Waals surface area contributed by atoms with Crippen LogP contribution < -0.4 is 14.8 Å². The van der Waals surface area contributed by atoms with Crippen molar-refractivity contribution >= 4 is 17.5 Å². The Morgan fingerprint density at radius 2 is 1.88 bits per heavy atom. The topological polar surface area (TPSA) is 47.6 Å². The van der Waals surface area contributed by atoms with Crippen molar-refractivity contribution in [2.24, 2.45) is 0 Å². The van der Waals surface area contributed by atoms with E-state index in [1.807, 2.05) is 19.1 Å². The van der Waals surface area contributed by atoms with Gasteiger partial charge in [0.25, 0.3) is 5.91 Å². The molecule has 0 aliphatic heterocycles. The van der Waals surface area contributed by atoms with Gasteiger partial charge in [0.05, 0.1) is 24.8 Å². The highest BCUT2D eigenvalue weighted by Crippen LogP contribution is 2.30. The van der Waals surface area contributed by atoms with E-state index in [1.165, 1.54) is 18.2 Å². The second-order valence-corrected chi connectivity index (χ2v) is 5.64. The third-order valence-corrected chi connectivity index (χ3v) is 4.03. The van der Waals surface area contributed by atoms with Crippen LogP contribution >= 0.6 is 11.6 Å². The van der Waals surface area contributed by atoms with Crippen LogP contribution in [0.1, 0.15) is 21.5 Å². The van der Waals surface area contributed by atoms with Gasteiger partial charge < -0.3 is 14.8 Å². The Kier molecular flexibility index (Phi) is 6.04. The molecule has 0 aliphatic rings. The lowest BCUT2D eigenvalue weighted by Crippen LogP contribution is -2.27. The van der Waals surface area contributed by atoms with Crippen molar-refractivity contribution in [3.63, 3.8) is 0 Å². The van der Waals surface area contributed by atoms with Crippen LogP contribution in [0.5, 0.6) is 11.5 Å². The minimum Gasteiger partial charge on any atom is -0.493 e. The summed E-state index contributed by atoms with van der Waals surface area (Å²) in [5, 5.41) is 2.78. The minimum atomic E-state index is -0.637. The number of aryl methyl sites for hydroxylation is 1. The summed E-state index contributed by atoms with van der Waals surface area (Å²) < 4.78 is 24.3. The normalized spacial score (nSPS) is 10.4. The van der Waals surface area contributed by atoms with Crippen LogP contribution in [0.25, 0.3) is 0 Å². The zero-order chi connectivity index (χ0) is 17.7. The summed E-state index contributed by atoms with van der Waals surface area (Å²) in [7, 11) is 3.15. The van der Waals surface area contributed by atoms with E-state index in [2.05, 4.69) is 5.32 Å². The van der Waals surface area contributed by atoms with Gasteiger partial charge in [-0.15, -0.1) is 0 Å². The predicted octanol–water partition coefficient (Wildman–Crippen LogP) is 3.78. The summed E-state index contributed by atoms with van der Waals surface area (Å²) in [6.07, 6.45) is 0.573. The van der Waals surface area contributed by atoms with Gasteiger partial charge in [0.2, 0.25) is 0 Å². The molecule has 2 rings (SSSR count). The van der Waals surface area contributed by atoms with E-state index in [9.17, 15) is 9.18 Å². The molecule has 2 aromatic carbocycles. The number of hydrogen-bond acceptors (Lipinski definition) is 3. The number of amides is 1. The number of hydrogen-bond donors (Lipinski definition) is 1. The molecule has 0 fully saturated rings. The maximum atomic E-state index is 13.7. The zero-order valence-corrected chi connectivity index (χ0v) is 14.5. The molecule has 0 radical (unpaired) electrons. The second-order valence-electron chi connectivity index (χ2n) is 5.24. The molecule has 0 unspecified atom stereocenters. The van der Waals surface area contributed by atoms with E-state index in [0.29, 0.717) is 24.5 Å². The molecule has 6 heteroatoms. The standard InChI is InChI=1S/C18H19ClFNO3/c1-11-9-15(23-2)16(24-3)10-12(11)7-8-21-18(22)17-13(19)5-4-6-14(17)20/h4-6,9-10H,7-8H2,1-3H3,(H,21,22). The molecule has 0 aliphatic carbocycles. The molecule has 4 nitrogen and oxygen atoms in total. The quantitative estimate of drug-likeness (QED) is 0.861. The lowest BCUT2D eigenvalue weighted by molar-refractivity contribution is 0.0950. The number of rotatable bonds is 6. The SMILES string of the molecule is COc1cc(C)c(CCNC(=O)c2c(F)cccc2Cl)cc1OC. The average molecular weight is 352 g/mol. The summed E-state index contributed by atoms with van der Waals surface area (Å²) in [5.41, 5.74) is 1.89. The molecule has 128 valence electrons. The summed E-state index contributed by atoms with van der Waals surface area (Å²) >= 11 is 5.89. The number of methoxy groups -OCH3 is 2. The van der Waals surface area contributed by atoms with Gasteiger partial charge in [0.1, 0.15) is 5.82 Å². The molecular weight excluding hydrogens is 333 g/mol. The summed E-state index contributed by atoms with van der Waals surface area (Å²) in [6, 6.07) is 7.90. The predicted molar refractivity (Wildman–Crippen MR) is 91.7 cm³/mol. The molecule has 0 heterocycles. The van der Waals surface area contributed by atoms with Gasteiger partial charge in [0, 0.05) is 6.54 Å². The highest BCUT2D eigenvalue weighted by atomic mass is 35.5. The summed E-state index contributed by atoms with van der Waals surface area (Å²) in [6.45, 7) is 2.30. The molecule has 0 bridgehead atoms. The fraction of sp³-hybridized carbons (Fsp3) is 0.278. The van der Waals surface area contributed by atoms with Gasteiger partial charge in [-0.2, -0.15) is 0 Å². The monoisotopic (exact) mass is 351 g/mol.